The van der Waals surface area contributed by atoms with Crippen molar-refractivity contribution in [3.63, 3.8) is 0 Å². The lowest BCUT2D eigenvalue weighted by molar-refractivity contribution is 0.330. The van der Waals surface area contributed by atoms with Gasteiger partial charge in [-0.05, 0) is 53.0 Å². The molecule has 23 heavy (non-hydrogen) atoms. The number of phenolic OH excluding ortho intramolecular Hbond substituents is 1. The van der Waals surface area contributed by atoms with Crippen LogP contribution in [0.15, 0.2) is 30.3 Å². The van der Waals surface area contributed by atoms with E-state index < -0.39 is 0 Å². The number of rotatable bonds is 1. The van der Waals surface area contributed by atoms with Crippen molar-refractivity contribution in [2.24, 2.45) is 0 Å². The van der Waals surface area contributed by atoms with E-state index in [2.05, 4.69) is 27.7 Å². The first-order valence-corrected chi connectivity index (χ1v) is 8.34. The molecule has 3 heteroatoms. The number of para-hydroxylation sites is 1. The highest BCUT2D eigenvalue weighted by Gasteiger charge is 2.38. The van der Waals surface area contributed by atoms with Crippen molar-refractivity contribution in [2.75, 3.05) is 0 Å². The number of phenols is 1. The van der Waals surface area contributed by atoms with Crippen molar-refractivity contribution in [3.05, 3.63) is 52.3 Å². The van der Waals surface area contributed by atoms with E-state index >= 15 is 0 Å². The summed E-state index contributed by atoms with van der Waals surface area (Å²) in [6.07, 6.45) is 2.09. The molecule has 0 amide bonds. The summed E-state index contributed by atoms with van der Waals surface area (Å²) in [6.45, 7) is 8.72. The molecule has 0 heterocycles. The Morgan fingerprint density at radius 2 is 1.52 bits per heavy atom. The van der Waals surface area contributed by atoms with Crippen LogP contribution < -0.4 is 0 Å². The highest BCUT2D eigenvalue weighted by Crippen LogP contribution is 2.48. The van der Waals surface area contributed by atoms with Crippen molar-refractivity contribution in [2.45, 2.75) is 51.4 Å². The number of benzene rings is 2. The summed E-state index contributed by atoms with van der Waals surface area (Å²) < 4.78 is 14.8. The first kappa shape index (κ1) is 16.3. The van der Waals surface area contributed by atoms with E-state index in [4.69, 9.17) is 11.6 Å². The van der Waals surface area contributed by atoms with Crippen LogP contribution in [0.1, 0.15) is 51.7 Å². The molecule has 0 bridgehead atoms. The molecule has 0 unspecified atom stereocenters. The van der Waals surface area contributed by atoms with Crippen molar-refractivity contribution in [3.8, 4) is 16.9 Å². The van der Waals surface area contributed by atoms with Gasteiger partial charge in [0.15, 0.2) is 0 Å². The Morgan fingerprint density at radius 1 is 0.957 bits per heavy atom. The molecule has 0 radical (unpaired) electrons. The van der Waals surface area contributed by atoms with Gasteiger partial charge in [0.1, 0.15) is 11.6 Å². The third-order valence-electron chi connectivity index (χ3n) is 5.22. The summed E-state index contributed by atoms with van der Waals surface area (Å²) >= 11 is 5.99. The average molecular weight is 333 g/mol. The Morgan fingerprint density at radius 3 is 2.13 bits per heavy atom. The van der Waals surface area contributed by atoms with Gasteiger partial charge in [0.2, 0.25) is 0 Å². The quantitative estimate of drug-likeness (QED) is 0.659. The van der Waals surface area contributed by atoms with Crippen LogP contribution in [-0.2, 0) is 10.8 Å². The molecule has 0 aliphatic heterocycles. The molecule has 0 saturated carbocycles. The molecule has 0 atom stereocenters. The minimum absolute atomic E-state index is 0.0124. The van der Waals surface area contributed by atoms with E-state index in [1.54, 1.807) is 24.3 Å². The van der Waals surface area contributed by atoms with Crippen LogP contribution in [0.3, 0.4) is 0 Å². The number of halogens is 2. The van der Waals surface area contributed by atoms with Crippen LogP contribution in [0.4, 0.5) is 4.39 Å². The Kier molecular flexibility index (Phi) is 3.72. The highest BCUT2D eigenvalue weighted by molar-refractivity contribution is 6.32. The lowest BCUT2D eigenvalue weighted by Gasteiger charge is -2.42. The maximum Gasteiger partial charge on any atom is 0.142 e. The van der Waals surface area contributed by atoms with Gasteiger partial charge >= 0.3 is 0 Å². The zero-order chi connectivity index (χ0) is 17.0. The average Bonchev–Trinajstić information content (AvgIpc) is 2.47. The summed E-state index contributed by atoms with van der Waals surface area (Å²) in [6, 6.07) is 8.57. The van der Waals surface area contributed by atoms with Gasteiger partial charge in [-0.1, -0.05) is 51.4 Å². The molecule has 2 aromatic carbocycles. The third-order valence-corrected chi connectivity index (χ3v) is 5.52. The largest absolute Gasteiger partial charge is 0.506 e. The molecule has 3 rings (SSSR count). The lowest BCUT2D eigenvalue weighted by atomic mass is 9.63. The monoisotopic (exact) mass is 332 g/mol. The van der Waals surface area contributed by atoms with Crippen LogP contribution in [-0.4, -0.2) is 5.11 Å². The van der Waals surface area contributed by atoms with E-state index in [1.807, 2.05) is 6.07 Å². The van der Waals surface area contributed by atoms with E-state index in [9.17, 15) is 9.50 Å². The Bertz CT molecular complexity index is 777. The summed E-state index contributed by atoms with van der Waals surface area (Å²) in [5.41, 5.74) is 3.02. The van der Waals surface area contributed by atoms with Crippen molar-refractivity contribution in [1.82, 2.24) is 0 Å². The van der Waals surface area contributed by atoms with Gasteiger partial charge < -0.3 is 5.11 Å². The van der Waals surface area contributed by atoms with Crippen molar-refractivity contribution in [1.29, 1.82) is 0 Å². The fourth-order valence-electron chi connectivity index (χ4n) is 3.53. The second-order valence-corrected chi connectivity index (χ2v) is 8.19. The summed E-state index contributed by atoms with van der Waals surface area (Å²) in [7, 11) is 0. The van der Waals surface area contributed by atoms with Crippen LogP contribution in [0.5, 0.6) is 5.75 Å². The number of aromatic hydroxyl groups is 1. The fraction of sp³-hybridized carbons (Fsp3) is 0.400. The van der Waals surface area contributed by atoms with Gasteiger partial charge in [-0.25, -0.2) is 4.39 Å². The molecule has 2 aromatic rings. The SMILES string of the molecule is CC1(C)CCC(C)(C)c2cc(-c3cccc(Cl)c3O)c(F)cc21. The van der Waals surface area contributed by atoms with Crippen molar-refractivity contribution < 1.29 is 9.50 Å². The van der Waals surface area contributed by atoms with Gasteiger partial charge in [0, 0.05) is 11.1 Å². The Balaban J connectivity index is 2.28. The maximum atomic E-state index is 14.8. The Labute approximate surface area is 142 Å². The normalized spacial score (nSPS) is 18.5. The first-order valence-electron chi connectivity index (χ1n) is 7.96. The fourth-order valence-corrected chi connectivity index (χ4v) is 3.70. The molecule has 1 aliphatic rings. The van der Waals surface area contributed by atoms with E-state index in [0.29, 0.717) is 11.1 Å². The predicted molar refractivity (Wildman–Crippen MR) is 93.8 cm³/mol. The zero-order valence-electron chi connectivity index (χ0n) is 14.0. The summed E-state index contributed by atoms with van der Waals surface area (Å²) in [4.78, 5) is 0. The van der Waals surface area contributed by atoms with Gasteiger partial charge in [-0.2, -0.15) is 0 Å². The van der Waals surface area contributed by atoms with Crippen LogP contribution in [0.25, 0.3) is 11.1 Å². The molecule has 122 valence electrons. The predicted octanol–water partition coefficient (Wildman–Crippen LogP) is 6.20. The van der Waals surface area contributed by atoms with E-state index in [0.717, 1.165) is 24.0 Å². The van der Waals surface area contributed by atoms with Crippen LogP contribution in [0, 0.1) is 5.82 Å². The van der Waals surface area contributed by atoms with Gasteiger partial charge in [-0.3, -0.25) is 0 Å². The van der Waals surface area contributed by atoms with E-state index in [1.165, 1.54) is 0 Å². The number of hydrogen-bond donors (Lipinski definition) is 1. The maximum absolute atomic E-state index is 14.8. The summed E-state index contributed by atoms with van der Waals surface area (Å²) in [5, 5.41) is 10.4. The topological polar surface area (TPSA) is 20.2 Å². The molecule has 1 aliphatic carbocycles. The van der Waals surface area contributed by atoms with Crippen LogP contribution >= 0.6 is 11.6 Å². The summed E-state index contributed by atoms with van der Waals surface area (Å²) in [5.74, 6) is -0.381. The zero-order valence-corrected chi connectivity index (χ0v) is 14.8. The molecule has 0 fully saturated rings. The lowest BCUT2D eigenvalue weighted by Crippen LogP contribution is -2.34. The molecular weight excluding hydrogens is 311 g/mol. The third kappa shape index (κ3) is 2.63. The number of fused-ring (bicyclic) bond motifs is 1. The molecule has 0 saturated heterocycles. The standard InChI is InChI=1S/C20H22ClFO/c1-19(2)8-9-20(3,4)15-11-17(22)13(10-14(15)19)12-6-5-7-16(21)18(12)23/h5-7,10-11,23H,8-9H2,1-4H3. The van der Waals surface area contributed by atoms with Crippen molar-refractivity contribution >= 4 is 11.6 Å². The molecule has 0 spiro atoms. The van der Waals surface area contributed by atoms with Gasteiger partial charge in [0.05, 0.1) is 5.02 Å². The second kappa shape index (κ2) is 5.24. The Hall–Kier alpha value is -1.54. The second-order valence-electron chi connectivity index (χ2n) is 7.78. The van der Waals surface area contributed by atoms with Gasteiger partial charge in [0.25, 0.3) is 0 Å². The van der Waals surface area contributed by atoms with Gasteiger partial charge in [-0.15, -0.1) is 0 Å². The molecular formula is C20H22ClFO. The highest BCUT2D eigenvalue weighted by atomic mass is 35.5. The molecule has 0 aromatic heterocycles. The van der Waals surface area contributed by atoms with Crippen LogP contribution in [0.2, 0.25) is 5.02 Å². The first-order chi connectivity index (χ1) is 10.6. The minimum atomic E-state index is -0.313. The number of hydrogen-bond acceptors (Lipinski definition) is 1. The van der Waals surface area contributed by atoms with E-state index in [-0.39, 0.29) is 27.4 Å². The molecule has 1 nitrogen and oxygen atoms in total. The molecule has 1 N–H and O–H groups in total. The minimum Gasteiger partial charge on any atom is -0.506 e. The smallest absolute Gasteiger partial charge is 0.142 e.